The Morgan fingerprint density at radius 1 is 1.35 bits per heavy atom. The Morgan fingerprint density at radius 3 is 2.70 bits per heavy atom. The topological polar surface area (TPSA) is 17.8 Å². The fourth-order valence-electron chi connectivity index (χ4n) is 2.21. The van der Waals surface area contributed by atoms with E-state index in [1.807, 2.05) is 17.7 Å². The van der Waals surface area contributed by atoms with E-state index in [0.29, 0.717) is 11.1 Å². The van der Waals surface area contributed by atoms with Gasteiger partial charge in [-0.25, -0.2) is 4.68 Å². The summed E-state index contributed by atoms with van der Waals surface area (Å²) in [5.41, 5.74) is 4.49. The molecule has 3 heteroatoms. The highest BCUT2D eigenvalue weighted by Gasteiger charge is 2.13. The number of hydrogen-bond donors (Lipinski definition) is 0. The molecule has 0 saturated heterocycles. The molecule has 0 saturated carbocycles. The predicted octanol–water partition coefficient (Wildman–Crippen LogP) is 5.10. The number of benzene rings is 1. The SMILES string of the molecule is CCCCc1c[c]c(C)cc1-n1nc(C(C)C)cc1Cl. The Bertz CT molecular complexity index is 585. The van der Waals surface area contributed by atoms with Crippen LogP contribution >= 0.6 is 11.6 Å². The summed E-state index contributed by atoms with van der Waals surface area (Å²) in [4.78, 5) is 0. The van der Waals surface area contributed by atoms with Gasteiger partial charge in [0, 0.05) is 0 Å². The normalized spacial score (nSPS) is 11.3. The van der Waals surface area contributed by atoms with Crippen LogP contribution in [0.2, 0.25) is 5.15 Å². The third-order valence-corrected chi connectivity index (χ3v) is 3.73. The molecule has 0 aliphatic heterocycles. The summed E-state index contributed by atoms with van der Waals surface area (Å²) in [5, 5.41) is 5.34. The summed E-state index contributed by atoms with van der Waals surface area (Å²) >= 11 is 6.37. The lowest BCUT2D eigenvalue weighted by Gasteiger charge is -2.11. The minimum Gasteiger partial charge on any atom is -0.222 e. The van der Waals surface area contributed by atoms with Crippen molar-refractivity contribution >= 4 is 11.6 Å². The first kappa shape index (κ1) is 15.1. The van der Waals surface area contributed by atoms with Crippen LogP contribution in [0.1, 0.15) is 56.4 Å². The van der Waals surface area contributed by atoms with Crippen LogP contribution in [0.3, 0.4) is 0 Å². The van der Waals surface area contributed by atoms with Gasteiger partial charge in [0.25, 0.3) is 0 Å². The summed E-state index contributed by atoms with van der Waals surface area (Å²) in [6.07, 6.45) is 3.38. The molecular formula is C17H22ClN2. The lowest BCUT2D eigenvalue weighted by atomic mass is 10.0. The molecular weight excluding hydrogens is 268 g/mol. The van der Waals surface area contributed by atoms with Crippen molar-refractivity contribution in [1.29, 1.82) is 0 Å². The van der Waals surface area contributed by atoms with E-state index in [4.69, 9.17) is 11.6 Å². The Kier molecular flexibility index (Phi) is 4.87. The van der Waals surface area contributed by atoms with Gasteiger partial charge in [-0.15, -0.1) is 0 Å². The number of hydrogen-bond acceptors (Lipinski definition) is 1. The predicted molar refractivity (Wildman–Crippen MR) is 84.8 cm³/mol. The van der Waals surface area contributed by atoms with Gasteiger partial charge in [0.15, 0.2) is 0 Å². The largest absolute Gasteiger partial charge is 0.222 e. The molecule has 0 atom stereocenters. The zero-order chi connectivity index (χ0) is 14.7. The number of nitrogens with zero attached hydrogens (tertiary/aromatic N) is 2. The van der Waals surface area contributed by atoms with Crippen LogP contribution in [0.5, 0.6) is 0 Å². The molecule has 0 fully saturated rings. The van der Waals surface area contributed by atoms with E-state index in [1.165, 1.54) is 18.4 Å². The minimum absolute atomic E-state index is 0.379. The Hall–Kier alpha value is -1.28. The molecule has 20 heavy (non-hydrogen) atoms. The molecule has 0 amide bonds. The molecule has 107 valence electrons. The van der Waals surface area contributed by atoms with Gasteiger partial charge in [-0.05, 0) is 61.1 Å². The van der Waals surface area contributed by atoms with Gasteiger partial charge in [0.1, 0.15) is 5.15 Å². The molecule has 0 aliphatic carbocycles. The number of rotatable bonds is 5. The summed E-state index contributed by atoms with van der Waals surface area (Å²) in [6, 6.07) is 9.44. The van der Waals surface area contributed by atoms with Crippen LogP contribution in [0, 0.1) is 13.0 Å². The monoisotopic (exact) mass is 289 g/mol. The van der Waals surface area contributed by atoms with Gasteiger partial charge in [-0.2, -0.15) is 5.10 Å². The van der Waals surface area contributed by atoms with E-state index in [-0.39, 0.29) is 0 Å². The first-order chi connectivity index (χ1) is 9.52. The van der Waals surface area contributed by atoms with Crippen LogP contribution in [0.15, 0.2) is 18.2 Å². The average Bonchev–Trinajstić information content (AvgIpc) is 2.79. The molecule has 0 unspecified atom stereocenters. The van der Waals surface area contributed by atoms with Crippen molar-refractivity contribution in [1.82, 2.24) is 9.78 Å². The van der Waals surface area contributed by atoms with E-state index in [9.17, 15) is 0 Å². The highest BCUT2D eigenvalue weighted by Crippen LogP contribution is 2.25. The molecule has 1 heterocycles. The molecule has 2 rings (SSSR count). The number of aromatic nitrogens is 2. The van der Waals surface area contributed by atoms with E-state index in [1.54, 1.807) is 0 Å². The average molecular weight is 290 g/mol. The van der Waals surface area contributed by atoms with E-state index in [2.05, 4.69) is 44.1 Å². The highest BCUT2D eigenvalue weighted by atomic mass is 35.5. The quantitative estimate of drug-likeness (QED) is 0.749. The fraction of sp³-hybridized carbons (Fsp3) is 0.471. The maximum absolute atomic E-state index is 6.37. The van der Waals surface area contributed by atoms with Gasteiger partial charge >= 0.3 is 0 Å². The zero-order valence-corrected chi connectivity index (χ0v) is 13.5. The van der Waals surface area contributed by atoms with Crippen LogP contribution in [-0.2, 0) is 6.42 Å². The standard InChI is InChI=1S/C17H22ClN2/c1-5-6-7-14-9-8-13(4)10-16(14)20-17(18)11-15(19-20)12(2)3/h9-12H,5-7H2,1-4H3. The Morgan fingerprint density at radius 2 is 2.10 bits per heavy atom. The molecule has 2 nitrogen and oxygen atoms in total. The highest BCUT2D eigenvalue weighted by molar-refractivity contribution is 6.29. The summed E-state index contributed by atoms with van der Waals surface area (Å²) in [5.74, 6) is 0.379. The van der Waals surface area contributed by atoms with Crippen molar-refractivity contribution in [3.05, 3.63) is 46.2 Å². The van der Waals surface area contributed by atoms with Crippen LogP contribution in [0.25, 0.3) is 5.69 Å². The molecule has 1 aromatic carbocycles. The third kappa shape index (κ3) is 3.24. The fourth-order valence-corrected chi connectivity index (χ4v) is 2.45. The number of halogens is 1. The molecule has 0 aliphatic rings. The van der Waals surface area contributed by atoms with Crippen molar-refractivity contribution < 1.29 is 0 Å². The number of unbranched alkanes of at least 4 members (excludes halogenated alkanes) is 1. The van der Waals surface area contributed by atoms with Crippen LogP contribution < -0.4 is 0 Å². The molecule has 0 N–H and O–H groups in total. The smallest absolute Gasteiger partial charge is 0.133 e. The first-order valence-corrected chi connectivity index (χ1v) is 7.67. The van der Waals surface area contributed by atoms with Gasteiger partial charge < -0.3 is 0 Å². The van der Waals surface area contributed by atoms with Gasteiger partial charge in [-0.1, -0.05) is 38.8 Å². The van der Waals surface area contributed by atoms with Gasteiger partial charge in [0.2, 0.25) is 0 Å². The van der Waals surface area contributed by atoms with Crippen molar-refractivity contribution in [3.63, 3.8) is 0 Å². The molecule has 2 aromatic rings. The Balaban J connectivity index is 2.47. The van der Waals surface area contributed by atoms with Crippen LogP contribution in [-0.4, -0.2) is 9.78 Å². The summed E-state index contributed by atoms with van der Waals surface area (Å²) in [7, 11) is 0. The summed E-state index contributed by atoms with van der Waals surface area (Å²) < 4.78 is 1.86. The molecule has 0 spiro atoms. The van der Waals surface area contributed by atoms with Gasteiger partial charge in [0.05, 0.1) is 11.4 Å². The number of aryl methyl sites for hydroxylation is 2. The maximum atomic E-state index is 6.37. The first-order valence-electron chi connectivity index (χ1n) is 7.30. The molecule has 1 aromatic heterocycles. The minimum atomic E-state index is 0.379. The second-order valence-corrected chi connectivity index (χ2v) is 5.98. The summed E-state index contributed by atoms with van der Waals surface area (Å²) in [6.45, 7) is 8.51. The van der Waals surface area contributed by atoms with E-state index < -0.39 is 0 Å². The zero-order valence-electron chi connectivity index (χ0n) is 12.7. The maximum Gasteiger partial charge on any atom is 0.133 e. The molecule has 1 radical (unpaired) electrons. The van der Waals surface area contributed by atoms with Gasteiger partial charge in [-0.3, -0.25) is 0 Å². The van der Waals surface area contributed by atoms with E-state index >= 15 is 0 Å². The van der Waals surface area contributed by atoms with Crippen molar-refractivity contribution in [2.75, 3.05) is 0 Å². The van der Waals surface area contributed by atoms with E-state index in [0.717, 1.165) is 23.4 Å². The Labute approximate surface area is 126 Å². The molecule has 0 bridgehead atoms. The van der Waals surface area contributed by atoms with Crippen molar-refractivity contribution in [2.24, 2.45) is 0 Å². The van der Waals surface area contributed by atoms with Crippen LogP contribution in [0.4, 0.5) is 0 Å². The second-order valence-electron chi connectivity index (χ2n) is 5.59. The van der Waals surface area contributed by atoms with Crippen molar-refractivity contribution in [3.8, 4) is 5.69 Å². The third-order valence-electron chi connectivity index (χ3n) is 3.46. The lowest BCUT2D eigenvalue weighted by Crippen LogP contribution is -2.03. The second kappa shape index (κ2) is 6.45. The van der Waals surface area contributed by atoms with Crippen molar-refractivity contribution in [2.45, 2.75) is 52.9 Å². The lowest BCUT2D eigenvalue weighted by molar-refractivity contribution is 0.749.